The molecule has 1 fully saturated rings. The van der Waals surface area contributed by atoms with Crippen LogP contribution in [0.4, 0.5) is 5.69 Å². The first-order valence-corrected chi connectivity index (χ1v) is 7.21. The molecule has 2 nitrogen and oxygen atoms in total. The van der Waals surface area contributed by atoms with Crippen LogP contribution in [0.25, 0.3) is 0 Å². The molecule has 2 aliphatic rings. The first kappa shape index (κ1) is 9.19. The molecule has 0 saturated carbocycles. The standard InChI is InChI=1S/C18H20N2/c1-19-10-11-20-17-9-5-3-7-15(17)12-14-6-2-4-8-16(14)18(20)13-19/h2-9,18H,10-13H2,1H3/i1T3. The van der Waals surface area contributed by atoms with Crippen LogP contribution >= 0.6 is 0 Å². The summed E-state index contributed by atoms with van der Waals surface area (Å²) in [5.74, 6) is 0. The minimum atomic E-state index is -2.02. The Kier molecular flexibility index (Phi) is 2.13. The molecule has 102 valence electrons. The maximum absolute atomic E-state index is 7.76. The number of benzene rings is 2. The van der Waals surface area contributed by atoms with Gasteiger partial charge in [0.25, 0.3) is 0 Å². The zero-order chi connectivity index (χ0) is 16.0. The third-order valence-corrected chi connectivity index (χ3v) is 4.48. The van der Waals surface area contributed by atoms with Gasteiger partial charge in [-0.25, -0.2) is 0 Å². The van der Waals surface area contributed by atoms with Crippen molar-refractivity contribution in [3.8, 4) is 0 Å². The van der Waals surface area contributed by atoms with Crippen molar-refractivity contribution in [1.29, 1.82) is 0 Å². The fraction of sp³-hybridized carbons (Fsp3) is 0.333. The molecular weight excluding hydrogens is 244 g/mol. The van der Waals surface area contributed by atoms with Crippen molar-refractivity contribution in [2.24, 2.45) is 0 Å². The van der Waals surface area contributed by atoms with Gasteiger partial charge in [-0.2, -0.15) is 0 Å². The fourth-order valence-corrected chi connectivity index (χ4v) is 3.50. The number of fused-ring (bicyclic) bond motifs is 5. The molecule has 0 aliphatic carbocycles. The Morgan fingerprint density at radius 1 is 1.00 bits per heavy atom. The van der Waals surface area contributed by atoms with Gasteiger partial charge in [0.2, 0.25) is 0 Å². The summed E-state index contributed by atoms with van der Waals surface area (Å²) >= 11 is 0. The molecule has 2 aliphatic heterocycles. The van der Waals surface area contributed by atoms with Crippen molar-refractivity contribution < 1.29 is 4.11 Å². The van der Waals surface area contributed by atoms with E-state index in [1.54, 1.807) is 4.90 Å². The lowest BCUT2D eigenvalue weighted by Gasteiger charge is -2.41. The van der Waals surface area contributed by atoms with Crippen LogP contribution in [0.15, 0.2) is 48.5 Å². The molecule has 0 spiro atoms. The average Bonchev–Trinajstić information content (AvgIpc) is 2.68. The maximum atomic E-state index is 7.76. The molecule has 2 heteroatoms. The first-order chi connectivity index (χ1) is 11.0. The second-order valence-electron chi connectivity index (χ2n) is 5.66. The highest BCUT2D eigenvalue weighted by Gasteiger charge is 2.31. The Morgan fingerprint density at radius 3 is 2.70 bits per heavy atom. The number of anilines is 1. The summed E-state index contributed by atoms with van der Waals surface area (Å²) in [4.78, 5) is 4.03. The van der Waals surface area contributed by atoms with E-state index in [-0.39, 0.29) is 6.04 Å². The SMILES string of the molecule is [3H]C([3H])([3H])N1CCN2c3ccccc3Cc3ccccc3C2C1. The number of piperazine rings is 1. The quantitative estimate of drug-likeness (QED) is 0.726. The molecule has 0 amide bonds. The average molecular weight is 270 g/mol. The van der Waals surface area contributed by atoms with Gasteiger partial charge in [0.05, 0.1) is 6.04 Å². The maximum Gasteiger partial charge on any atom is 0.0672 e. The van der Waals surface area contributed by atoms with Crippen molar-refractivity contribution in [2.75, 3.05) is 31.5 Å². The number of likely N-dealkylation sites (N-methyl/N-ethyl adjacent to an activating group) is 1. The summed E-state index contributed by atoms with van der Waals surface area (Å²) in [6.07, 6.45) is 0.910. The van der Waals surface area contributed by atoms with Gasteiger partial charge in [0.15, 0.2) is 0 Å². The number of hydrogen-bond acceptors (Lipinski definition) is 2. The molecule has 0 aromatic heterocycles. The van der Waals surface area contributed by atoms with Gasteiger partial charge in [0.1, 0.15) is 0 Å². The Hall–Kier alpha value is -1.80. The van der Waals surface area contributed by atoms with Crippen LogP contribution in [0.5, 0.6) is 0 Å². The lowest BCUT2D eigenvalue weighted by atomic mass is 9.96. The second kappa shape index (κ2) is 4.64. The highest BCUT2D eigenvalue weighted by atomic mass is 15.3. The molecule has 20 heavy (non-hydrogen) atoms. The smallest absolute Gasteiger partial charge is 0.0672 e. The summed E-state index contributed by atoms with van der Waals surface area (Å²) in [5, 5.41) is 0. The third-order valence-electron chi connectivity index (χ3n) is 4.48. The van der Waals surface area contributed by atoms with Crippen LogP contribution in [0, 0.1) is 0 Å². The Labute approximate surface area is 124 Å². The van der Waals surface area contributed by atoms with Gasteiger partial charge in [-0.05, 0) is 36.2 Å². The molecule has 2 heterocycles. The number of hydrogen-bond donors (Lipinski definition) is 0. The number of nitrogens with zero attached hydrogens (tertiary/aromatic N) is 2. The van der Waals surface area contributed by atoms with Crippen LogP contribution in [0.2, 0.25) is 0 Å². The van der Waals surface area contributed by atoms with Crippen molar-refractivity contribution in [1.82, 2.24) is 4.90 Å². The molecule has 4 rings (SSSR count). The van der Waals surface area contributed by atoms with Crippen LogP contribution in [-0.2, 0) is 6.42 Å². The molecule has 1 saturated heterocycles. The predicted molar refractivity (Wildman–Crippen MR) is 83.3 cm³/mol. The molecule has 0 bridgehead atoms. The van der Waals surface area contributed by atoms with Crippen LogP contribution in [0.3, 0.4) is 0 Å². The van der Waals surface area contributed by atoms with Gasteiger partial charge in [-0.15, -0.1) is 0 Å². The molecule has 1 unspecified atom stereocenters. The molecular formula is C18H20N2. The largest absolute Gasteiger partial charge is 0.362 e. The summed E-state index contributed by atoms with van der Waals surface area (Å²) < 4.78 is 23.3. The predicted octanol–water partition coefficient (Wildman–Crippen LogP) is 3.08. The van der Waals surface area contributed by atoms with Crippen molar-refractivity contribution in [2.45, 2.75) is 12.5 Å². The summed E-state index contributed by atoms with van der Waals surface area (Å²) in [5.41, 5.74) is 5.14. The fourth-order valence-electron chi connectivity index (χ4n) is 3.50. The topological polar surface area (TPSA) is 6.48 Å². The summed E-state index contributed by atoms with van der Waals surface area (Å²) in [6.45, 7) is -0.160. The van der Waals surface area contributed by atoms with Crippen molar-refractivity contribution in [3.63, 3.8) is 0 Å². The van der Waals surface area contributed by atoms with E-state index in [1.165, 1.54) is 22.4 Å². The normalized spacial score (nSPS) is 24.5. The van der Waals surface area contributed by atoms with Gasteiger partial charge in [-0.3, -0.25) is 0 Å². The van der Waals surface area contributed by atoms with Crippen LogP contribution in [-0.4, -0.2) is 31.5 Å². The highest BCUT2D eigenvalue weighted by Crippen LogP contribution is 2.38. The molecule has 0 N–H and O–H groups in total. The molecule has 2 aromatic carbocycles. The zero-order valence-electron chi connectivity index (χ0n) is 14.4. The van der Waals surface area contributed by atoms with Crippen molar-refractivity contribution >= 4 is 5.69 Å². The van der Waals surface area contributed by atoms with Crippen LogP contribution < -0.4 is 4.90 Å². The van der Waals surface area contributed by atoms with E-state index in [9.17, 15) is 0 Å². The summed E-state index contributed by atoms with van der Waals surface area (Å²) in [6, 6.07) is 17.1. The van der Waals surface area contributed by atoms with E-state index in [0.29, 0.717) is 13.1 Å². The molecule has 1 atom stereocenters. The van der Waals surface area contributed by atoms with E-state index in [0.717, 1.165) is 13.0 Å². The Balaban J connectivity index is 1.82. The lowest BCUT2D eigenvalue weighted by Crippen LogP contribution is -2.46. The second-order valence-corrected chi connectivity index (χ2v) is 5.66. The van der Waals surface area contributed by atoms with E-state index in [1.807, 2.05) is 0 Å². The Morgan fingerprint density at radius 2 is 1.80 bits per heavy atom. The molecule has 2 aromatic rings. The number of rotatable bonds is 0. The lowest BCUT2D eigenvalue weighted by molar-refractivity contribution is 0.269. The van der Waals surface area contributed by atoms with Gasteiger partial charge >= 0.3 is 0 Å². The summed E-state index contributed by atoms with van der Waals surface area (Å²) in [7, 11) is 0. The molecule has 0 radical (unpaired) electrons. The van der Waals surface area contributed by atoms with E-state index in [4.69, 9.17) is 4.11 Å². The van der Waals surface area contributed by atoms with Gasteiger partial charge < -0.3 is 9.80 Å². The monoisotopic (exact) mass is 270 g/mol. The Bertz CT molecular complexity index is 726. The third kappa shape index (κ3) is 1.83. The van der Waals surface area contributed by atoms with E-state index < -0.39 is 6.98 Å². The van der Waals surface area contributed by atoms with Gasteiger partial charge in [0, 0.05) is 29.4 Å². The minimum absolute atomic E-state index is 0.101. The highest BCUT2D eigenvalue weighted by molar-refractivity contribution is 5.60. The van der Waals surface area contributed by atoms with Crippen LogP contribution in [0.1, 0.15) is 26.8 Å². The van der Waals surface area contributed by atoms with Gasteiger partial charge in [-0.1, -0.05) is 42.5 Å². The first-order valence-electron chi connectivity index (χ1n) is 8.71. The van der Waals surface area contributed by atoms with E-state index in [2.05, 4.69) is 53.4 Å². The number of para-hydroxylation sites is 1. The van der Waals surface area contributed by atoms with Crippen molar-refractivity contribution in [3.05, 3.63) is 65.2 Å². The minimum Gasteiger partial charge on any atom is -0.362 e. The zero-order valence-corrected chi connectivity index (χ0v) is 11.4. The van der Waals surface area contributed by atoms with E-state index >= 15 is 0 Å².